The first-order chi connectivity index (χ1) is 11.8. The smallest absolute Gasteiger partial charge is 0.318 e. The maximum Gasteiger partial charge on any atom is 0.318 e. The van der Waals surface area contributed by atoms with Gasteiger partial charge in [-0.2, -0.15) is 0 Å². The van der Waals surface area contributed by atoms with Crippen LogP contribution in [-0.4, -0.2) is 52.3 Å². The van der Waals surface area contributed by atoms with Gasteiger partial charge in [-0.3, -0.25) is 4.98 Å². The second-order valence-corrected chi connectivity index (χ2v) is 6.97. The summed E-state index contributed by atoms with van der Waals surface area (Å²) in [5.74, 6) is 1.37. The Bertz CT molecular complexity index is 616. The second kappa shape index (κ2) is 8.48. The van der Waals surface area contributed by atoms with Crippen LogP contribution in [0.15, 0.2) is 33.8 Å². The zero-order chi connectivity index (χ0) is 16.8. The van der Waals surface area contributed by atoms with Gasteiger partial charge in [-0.1, -0.05) is 18.9 Å². The molecule has 130 valence electrons. The van der Waals surface area contributed by atoms with Crippen molar-refractivity contribution in [3.05, 3.63) is 30.4 Å². The van der Waals surface area contributed by atoms with Crippen molar-refractivity contribution in [2.45, 2.75) is 43.4 Å². The van der Waals surface area contributed by atoms with Crippen molar-refractivity contribution >= 4 is 17.8 Å². The molecule has 1 fully saturated rings. The van der Waals surface area contributed by atoms with Gasteiger partial charge >= 0.3 is 6.01 Å². The molecule has 6 nitrogen and oxygen atoms in total. The molecular weight excluding hydrogens is 322 g/mol. The largest absolute Gasteiger partial charge is 0.407 e. The topological polar surface area (TPSA) is 58.3 Å². The summed E-state index contributed by atoms with van der Waals surface area (Å²) in [6, 6.07) is 5.13. The molecular formula is C17H25N5OS. The van der Waals surface area contributed by atoms with Crippen LogP contribution in [0.5, 0.6) is 0 Å². The summed E-state index contributed by atoms with van der Waals surface area (Å²) in [7, 11) is 0. The van der Waals surface area contributed by atoms with Crippen LogP contribution < -0.4 is 4.90 Å². The van der Waals surface area contributed by atoms with E-state index in [-0.39, 0.29) is 0 Å². The van der Waals surface area contributed by atoms with Crippen LogP contribution >= 0.6 is 11.8 Å². The zero-order valence-electron chi connectivity index (χ0n) is 14.4. The van der Waals surface area contributed by atoms with Crippen molar-refractivity contribution < 1.29 is 4.42 Å². The molecule has 0 aromatic carbocycles. The third-order valence-electron chi connectivity index (χ3n) is 4.45. The molecule has 0 amide bonds. The minimum Gasteiger partial charge on any atom is -0.407 e. The molecule has 0 spiro atoms. The number of anilines is 1. The van der Waals surface area contributed by atoms with Crippen molar-refractivity contribution in [1.29, 1.82) is 0 Å². The van der Waals surface area contributed by atoms with Crippen molar-refractivity contribution in [2.24, 2.45) is 0 Å². The van der Waals surface area contributed by atoms with Gasteiger partial charge < -0.3 is 14.2 Å². The molecule has 0 saturated carbocycles. The van der Waals surface area contributed by atoms with Crippen LogP contribution in [0.2, 0.25) is 0 Å². The molecule has 0 bridgehead atoms. The molecule has 7 heteroatoms. The Kier molecular flexibility index (Phi) is 6.09. The lowest BCUT2D eigenvalue weighted by Crippen LogP contribution is -2.40. The van der Waals surface area contributed by atoms with Gasteiger partial charge in [0, 0.05) is 36.4 Å². The predicted molar refractivity (Wildman–Crippen MR) is 96.3 cm³/mol. The number of hydrogen-bond donors (Lipinski definition) is 0. The van der Waals surface area contributed by atoms with E-state index >= 15 is 0 Å². The summed E-state index contributed by atoms with van der Waals surface area (Å²) < 4.78 is 5.92. The number of pyridine rings is 1. The summed E-state index contributed by atoms with van der Waals surface area (Å²) >= 11 is 1.69. The molecule has 2 aromatic rings. The maximum atomic E-state index is 5.92. The Morgan fingerprint density at radius 1 is 1.25 bits per heavy atom. The number of hydrogen-bond acceptors (Lipinski definition) is 7. The lowest BCUT2D eigenvalue weighted by molar-refractivity contribution is 0.280. The van der Waals surface area contributed by atoms with Gasteiger partial charge in [0.15, 0.2) is 0 Å². The first kappa shape index (κ1) is 17.2. The molecule has 1 saturated heterocycles. The molecule has 3 heterocycles. The fraction of sp³-hybridized carbons (Fsp3) is 0.588. The van der Waals surface area contributed by atoms with Crippen molar-refractivity contribution in [1.82, 2.24) is 20.1 Å². The van der Waals surface area contributed by atoms with Gasteiger partial charge in [-0.15, -0.1) is 16.9 Å². The monoisotopic (exact) mass is 347 g/mol. The fourth-order valence-corrected chi connectivity index (χ4v) is 3.78. The van der Waals surface area contributed by atoms with E-state index in [9.17, 15) is 0 Å². The number of likely N-dealkylation sites (N-methyl/N-ethyl adjacent to an activating group) is 1. The average molecular weight is 347 g/mol. The Balaban J connectivity index is 1.59. The number of nitrogens with zero attached hydrogens (tertiary/aromatic N) is 5. The molecule has 0 aliphatic carbocycles. The fourth-order valence-electron chi connectivity index (χ4n) is 3.06. The van der Waals surface area contributed by atoms with E-state index in [2.05, 4.69) is 38.8 Å². The molecule has 0 radical (unpaired) electrons. The molecule has 1 unspecified atom stereocenters. The molecule has 1 atom stereocenters. The van der Waals surface area contributed by atoms with Crippen LogP contribution in [0.25, 0.3) is 0 Å². The van der Waals surface area contributed by atoms with E-state index in [0.29, 0.717) is 23.7 Å². The molecule has 3 rings (SSSR count). The molecule has 0 N–H and O–H groups in total. The highest BCUT2D eigenvalue weighted by Gasteiger charge is 2.29. The summed E-state index contributed by atoms with van der Waals surface area (Å²) in [5, 5.41) is 8.51. The summed E-state index contributed by atoms with van der Waals surface area (Å²) in [4.78, 5) is 9.93. The highest BCUT2D eigenvalue weighted by molar-refractivity contribution is 7.98. The Labute approximate surface area is 147 Å². The van der Waals surface area contributed by atoms with E-state index in [1.165, 1.54) is 12.8 Å². The van der Waals surface area contributed by atoms with E-state index in [0.717, 1.165) is 31.1 Å². The van der Waals surface area contributed by atoms with Gasteiger partial charge in [-0.05, 0) is 38.1 Å². The van der Waals surface area contributed by atoms with Crippen LogP contribution in [0.4, 0.5) is 6.01 Å². The minimum absolute atomic E-state index is 0.478. The minimum atomic E-state index is 0.478. The van der Waals surface area contributed by atoms with E-state index < -0.39 is 0 Å². The third kappa shape index (κ3) is 4.27. The molecule has 24 heavy (non-hydrogen) atoms. The van der Waals surface area contributed by atoms with Gasteiger partial charge in [0.2, 0.25) is 5.89 Å². The lowest BCUT2D eigenvalue weighted by atomic mass is 10.2. The van der Waals surface area contributed by atoms with Crippen LogP contribution in [0.1, 0.15) is 32.6 Å². The lowest BCUT2D eigenvalue weighted by Gasteiger charge is -2.28. The van der Waals surface area contributed by atoms with Crippen LogP contribution in [0, 0.1) is 0 Å². The highest BCUT2D eigenvalue weighted by Crippen LogP contribution is 2.27. The highest BCUT2D eigenvalue weighted by atomic mass is 32.2. The van der Waals surface area contributed by atoms with Crippen molar-refractivity contribution in [3.63, 3.8) is 0 Å². The summed E-state index contributed by atoms with van der Waals surface area (Å²) in [6.07, 6.45) is 5.97. The molecule has 2 aromatic heterocycles. The summed E-state index contributed by atoms with van der Waals surface area (Å²) in [6.45, 7) is 8.66. The van der Waals surface area contributed by atoms with E-state index in [1.807, 2.05) is 12.1 Å². The van der Waals surface area contributed by atoms with Gasteiger partial charge in [0.1, 0.15) is 0 Å². The zero-order valence-corrected chi connectivity index (χ0v) is 15.2. The van der Waals surface area contributed by atoms with Crippen molar-refractivity contribution in [2.75, 3.05) is 31.1 Å². The normalized spacial score (nSPS) is 17.8. The Morgan fingerprint density at radius 3 is 2.79 bits per heavy atom. The van der Waals surface area contributed by atoms with Gasteiger partial charge in [-0.25, -0.2) is 0 Å². The second-order valence-electron chi connectivity index (χ2n) is 5.93. The SMILES string of the molecule is CCN(CC)CC1CCCN1c1nnc(CSc2ccncc2)o1. The maximum absolute atomic E-state index is 5.92. The van der Waals surface area contributed by atoms with Crippen LogP contribution in [-0.2, 0) is 5.75 Å². The first-order valence-corrected chi connectivity index (χ1v) is 9.63. The molecule has 1 aliphatic rings. The predicted octanol–water partition coefficient (Wildman–Crippen LogP) is 3.07. The first-order valence-electron chi connectivity index (χ1n) is 8.64. The average Bonchev–Trinajstić information content (AvgIpc) is 3.27. The quantitative estimate of drug-likeness (QED) is 0.680. The summed E-state index contributed by atoms with van der Waals surface area (Å²) in [5.41, 5.74) is 0. The Hall–Kier alpha value is -1.60. The number of aromatic nitrogens is 3. The number of thioether (sulfide) groups is 1. The van der Waals surface area contributed by atoms with Gasteiger partial charge in [0.25, 0.3) is 0 Å². The van der Waals surface area contributed by atoms with Gasteiger partial charge in [0.05, 0.1) is 5.75 Å². The van der Waals surface area contributed by atoms with E-state index in [4.69, 9.17) is 4.42 Å². The standard InChI is InChI=1S/C17H25N5OS/c1-3-21(4-2)12-14-6-5-11-22(14)17-20-19-16(23-17)13-24-15-7-9-18-10-8-15/h7-10,14H,3-6,11-13H2,1-2H3. The van der Waals surface area contributed by atoms with E-state index in [1.54, 1.807) is 24.2 Å². The number of rotatable bonds is 8. The molecule has 1 aliphatic heterocycles. The third-order valence-corrected chi connectivity index (χ3v) is 5.45. The van der Waals surface area contributed by atoms with Crippen LogP contribution in [0.3, 0.4) is 0 Å². The van der Waals surface area contributed by atoms with Crippen molar-refractivity contribution in [3.8, 4) is 0 Å². The Morgan fingerprint density at radius 2 is 2.04 bits per heavy atom.